The van der Waals surface area contributed by atoms with Crippen LogP contribution in [-0.2, 0) is 4.79 Å². The van der Waals surface area contributed by atoms with Crippen LogP contribution in [0.4, 0.5) is 5.69 Å². The summed E-state index contributed by atoms with van der Waals surface area (Å²) in [6, 6.07) is 20.8. The number of hydrogen-bond donors (Lipinski definition) is 2. The van der Waals surface area contributed by atoms with Gasteiger partial charge in [-0.15, -0.1) is 0 Å². The lowest BCUT2D eigenvalue weighted by Gasteiger charge is -2.28. The van der Waals surface area contributed by atoms with Crippen molar-refractivity contribution in [2.45, 2.75) is 18.5 Å². The average Bonchev–Trinajstić information content (AvgIpc) is 3.53. The first-order valence-electron chi connectivity index (χ1n) is 11.6. The van der Waals surface area contributed by atoms with E-state index in [9.17, 15) is 4.79 Å². The third kappa shape index (κ3) is 4.78. The van der Waals surface area contributed by atoms with Crippen LogP contribution >= 0.6 is 12.2 Å². The van der Waals surface area contributed by atoms with Crippen LogP contribution in [0.15, 0.2) is 91.5 Å². The van der Waals surface area contributed by atoms with Gasteiger partial charge in [0.15, 0.2) is 5.11 Å². The van der Waals surface area contributed by atoms with E-state index in [1.807, 2.05) is 73.1 Å². The number of thiocarbonyl (C=S) groups is 1. The largest absolute Gasteiger partial charge is 0.495 e. The monoisotopic (exact) mass is 498 g/mol. The lowest BCUT2D eigenvalue weighted by Crippen LogP contribution is -2.33. The number of ether oxygens (including phenoxy) is 1. The molecule has 1 fully saturated rings. The van der Waals surface area contributed by atoms with Crippen LogP contribution in [0.25, 0.3) is 5.69 Å². The van der Waals surface area contributed by atoms with Gasteiger partial charge in [0, 0.05) is 37.3 Å². The van der Waals surface area contributed by atoms with Crippen molar-refractivity contribution in [2.75, 3.05) is 19.0 Å². The first-order chi connectivity index (χ1) is 17.7. The van der Waals surface area contributed by atoms with Crippen LogP contribution in [0.3, 0.4) is 0 Å². The smallest absolute Gasteiger partial charge is 0.226 e. The zero-order chi connectivity index (χ0) is 24.9. The second-order valence-electron chi connectivity index (χ2n) is 8.33. The van der Waals surface area contributed by atoms with Crippen molar-refractivity contribution in [3.8, 4) is 11.4 Å². The Labute approximate surface area is 215 Å². The van der Waals surface area contributed by atoms with E-state index in [0.717, 1.165) is 17.1 Å². The number of rotatable bonds is 8. The summed E-state index contributed by atoms with van der Waals surface area (Å²) in [5, 5.41) is 6.98. The van der Waals surface area contributed by atoms with E-state index in [1.54, 1.807) is 19.5 Å². The van der Waals surface area contributed by atoms with Gasteiger partial charge in [-0.2, -0.15) is 0 Å². The number of benzene rings is 1. The molecule has 1 amide bonds. The number of amides is 1. The molecule has 0 radical (unpaired) electrons. The van der Waals surface area contributed by atoms with Gasteiger partial charge in [-0.3, -0.25) is 14.8 Å². The Morgan fingerprint density at radius 1 is 1.08 bits per heavy atom. The van der Waals surface area contributed by atoms with E-state index in [2.05, 4.69) is 36.1 Å². The van der Waals surface area contributed by atoms with Gasteiger partial charge < -0.3 is 24.8 Å². The van der Waals surface area contributed by atoms with Crippen LogP contribution in [0, 0.1) is 0 Å². The lowest BCUT2D eigenvalue weighted by atomic mass is 10.0. The zero-order valence-corrected chi connectivity index (χ0v) is 20.6. The summed E-state index contributed by atoms with van der Waals surface area (Å²) in [4.78, 5) is 23.8. The molecule has 9 heteroatoms. The minimum atomic E-state index is -0.179. The highest BCUT2D eigenvalue weighted by atomic mass is 32.1. The molecule has 4 aromatic rings. The predicted molar refractivity (Wildman–Crippen MR) is 142 cm³/mol. The zero-order valence-electron chi connectivity index (χ0n) is 19.7. The van der Waals surface area contributed by atoms with Gasteiger partial charge in [0.05, 0.1) is 42.5 Å². The fraction of sp³-hybridized carbons (Fsp3) is 0.185. The van der Waals surface area contributed by atoms with Gasteiger partial charge >= 0.3 is 0 Å². The number of carbonyl (C=O) groups excluding carboxylic acids is 1. The molecule has 36 heavy (non-hydrogen) atoms. The Bertz CT molecular complexity index is 1340. The topological polar surface area (TPSA) is 84.3 Å². The normalized spacial score (nSPS) is 17.0. The van der Waals surface area contributed by atoms with Gasteiger partial charge in [-0.05, 0) is 60.7 Å². The third-order valence-electron chi connectivity index (χ3n) is 6.17. The first kappa shape index (κ1) is 23.5. The van der Waals surface area contributed by atoms with Crippen molar-refractivity contribution in [3.05, 3.63) is 103 Å². The number of para-hydroxylation sites is 2. The molecule has 5 rings (SSSR count). The molecule has 0 bridgehead atoms. The van der Waals surface area contributed by atoms with Crippen molar-refractivity contribution in [1.82, 2.24) is 24.8 Å². The maximum absolute atomic E-state index is 12.9. The molecule has 2 N–H and O–H groups in total. The Kier molecular flexibility index (Phi) is 6.90. The van der Waals surface area contributed by atoms with E-state index < -0.39 is 0 Å². The molecule has 1 saturated heterocycles. The molecule has 8 nitrogen and oxygen atoms in total. The quantitative estimate of drug-likeness (QED) is 0.351. The second-order valence-corrected chi connectivity index (χ2v) is 8.72. The van der Waals surface area contributed by atoms with Crippen molar-refractivity contribution >= 4 is 28.9 Å². The van der Waals surface area contributed by atoms with Gasteiger partial charge in [-0.1, -0.05) is 18.2 Å². The highest BCUT2D eigenvalue weighted by Crippen LogP contribution is 2.39. The standard InChI is InChI=1S/C27H26N6O2S/c1-35-23-12-3-2-9-20(23)30-24(34)13-17-33-26(25(31-27(33)36)21-10-4-5-15-29-21)22-11-7-16-32(22)19-8-6-14-28-18-19/h2-12,14-16,18,25-26H,13,17H2,1H3,(H,30,34)(H,31,36)/t25-,26-/m0/s1. The number of aromatic nitrogens is 3. The van der Waals surface area contributed by atoms with Gasteiger partial charge in [0.25, 0.3) is 0 Å². The second kappa shape index (κ2) is 10.6. The molecule has 0 saturated carbocycles. The Morgan fingerprint density at radius 2 is 1.94 bits per heavy atom. The van der Waals surface area contributed by atoms with Crippen molar-refractivity contribution < 1.29 is 9.53 Å². The van der Waals surface area contributed by atoms with Crippen molar-refractivity contribution in [1.29, 1.82) is 0 Å². The number of pyridine rings is 2. The molecule has 1 aromatic carbocycles. The summed E-state index contributed by atoms with van der Waals surface area (Å²) in [6.45, 7) is 0.430. The summed E-state index contributed by atoms with van der Waals surface area (Å²) in [7, 11) is 1.58. The van der Waals surface area contributed by atoms with E-state index in [-0.39, 0.29) is 24.4 Å². The molecule has 1 aliphatic heterocycles. The Balaban J connectivity index is 1.43. The molecule has 3 aromatic heterocycles. The molecule has 0 unspecified atom stereocenters. The molecular formula is C27H26N6O2S. The lowest BCUT2D eigenvalue weighted by molar-refractivity contribution is -0.116. The van der Waals surface area contributed by atoms with E-state index in [4.69, 9.17) is 17.0 Å². The van der Waals surface area contributed by atoms with Crippen LogP contribution in [0.1, 0.15) is 29.9 Å². The minimum Gasteiger partial charge on any atom is -0.495 e. The van der Waals surface area contributed by atoms with Crippen molar-refractivity contribution in [2.24, 2.45) is 0 Å². The summed E-state index contributed by atoms with van der Waals surface area (Å²) in [5.41, 5.74) is 3.49. The van der Waals surface area contributed by atoms with E-state index in [0.29, 0.717) is 23.1 Å². The Hall–Kier alpha value is -4.24. The highest BCUT2D eigenvalue weighted by molar-refractivity contribution is 7.80. The van der Waals surface area contributed by atoms with Crippen LogP contribution in [0.2, 0.25) is 0 Å². The number of hydrogen-bond acceptors (Lipinski definition) is 5. The van der Waals surface area contributed by atoms with Crippen LogP contribution in [-0.4, -0.2) is 44.1 Å². The maximum Gasteiger partial charge on any atom is 0.226 e. The summed E-state index contributed by atoms with van der Waals surface area (Å²) in [5.74, 6) is 0.497. The summed E-state index contributed by atoms with van der Waals surface area (Å²) >= 11 is 5.76. The van der Waals surface area contributed by atoms with Crippen molar-refractivity contribution in [3.63, 3.8) is 0 Å². The summed E-state index contributed by atoms with van der Waals surface area (Å²) < 4.78 is 7.46. The summed E-state index contributed by atoms with van der Waals surface area (Å²) in [6.07, 6.45) is 7.61. The number of anilines is 1. The van der Waals surface area contributed by atoms with E-state index in [1.165, 1.54) is 0 Å². The fourth-order valence-electron chi connectivity index (χ4n) is 4.52. The van der Waals surface area contributed by atoms with Crippen LogP contribution < -0.4 is 15.4 Å². The average molecular weight is 499 g/mol. The van der Waals surface area contributed by atoms with Gasteiger partial charge in [0.2, 0.25) is 5.91 Å². The molecule has 1 aliphatic rings. The molecule has 182 valence electrons. The fourth-order valence-corrected chi connectivity index (χ4v) is 4.85. The molecular weight excluding hydrogens is 472 g/mol. The van der Waals surface area contributed by atoms with E-state index >= 15 is 0 Å². The highest BCUT2D eigenvalue weighted by Gasteiger charge is 2.41. The number of methoxy groups -OCH3 is 1. The molecule has 0 spiro atoms. The van der Waals surface area contributed by atoms with Crippen LogP contribution in [0.5, 0.6) is 5.75 Å². The minimum absolute atomic E-state index is 0.120. The molecule has 2 atom stereocenters. The number of nitrogens with one attached hydrogen (secondary N) is 2. The van der Waals surface area contributed by atoms with Gasteiger partial charge in [0.1, 0.15) is 5.75 Å². The predicted octanol–water partition coefficient (Wildman–Crippen LogP) is 4.28. The van der Waals surface area contributed by atoms with Gasteiger partial charge in [-0.25, -0.2) is 0 Å². The third-order valence-corrected chi connectivity index (χ3v) is 6.52. The molecule has 0 aliphatic carbocycles. The SMILES string of the molecule is COc1ccccc1NC(=O)CCN1C(=S)N[C@@H](c2ccccn2)[C@@H]1c1cccn1-c1cccnc1. The Morgan fingerprint density at radius 3 is 2.72 bits per heavy atom. The first-order valence-corrected chi connectivity index (χ1v) is 12.0. The number of nitrogens with zero attached hydrogens (tertiary/aromatic N) is 4. The molecule has 4 heterocycles. The maximum atomic E-state index is 12.9. The number of carbonyl (C=O) groups is 1.